The summed E-state index contributed by atoms with van der Waals surface area (Å²) in [7, 11) is 0. The van der Waals surface area contributed by atoms with Gasteiger partial charge < -0.3 is 10.4 Å². The fourth-order valence-corrected chi connectivity index (χ4v) is 4.47. The lowest BCUT2D eigenvalue weighted by Crippen LogP contribution is -2.48. The summed E-state index contributed by atoms with van der Waals surface area (Å²) >= 11 is 0. The molecule has 3 aromatic carbocycles. The number of benzene rings is 3. The van der Waals surface area contributed by atoms with Gasteiger partial charge in [-0.3, -0.25) is 10.1 Å². The minimum atomic E-state index is -0.586. The summed E-state index contributed by atoms with van der Waals surface area (Å²) in [5.74, 6) is -0.0556. The van der Waals surface area contributed by atoms with Crippen LogP contribution in [0.4, 0.5) is 0 Å². The Balaban J connectivity index is 1.60. The molecular formula is C28H30N2O2. The van der Waals surface area contributed by atoms with E-state index in [-0.39, 0.29) is 11.9 Å². The lowest BCUT2D eigenvalue weighted by atomic mass is 9.77. The van der Waals surface area contributed by atoms with Gasteiger partial charge >= 0.3 is 0 Å². The van der Waals surface area contributed by atoms with Crippen LogP contribution < -0.4 is 10.6 Å². The first-order valence-corrected chi connectivity index (χ1v) is 11.2. The number of carbonyl (C=O) groups is 1. The Bertz CT molecular complexity index is 922. The van der Waals surface area contributed by atoms with Crippen molar-refractivity contribution in [3.63, 3.8) is 0 Å². The van der Waals surface area contributed by atoms with Crippen molar-refractivity contribution in [1.29, 1.82) is 0 Å². The molecule has 0 fully saturated rings. The largest absolute Gasteiger partial charge is 0.391 e. The SMILES string of the molecule is O=C(CCNC(c1ccccc1)(c1ccccc1)c1ccccc1)NC1CC=CC[C@H]1O. The highest BCUT2D eigenvalue weighted by molar-refractivity contribution is 5.76. The molecule has 32 heavy (non-hydrogen) atoms. The van der Waals surface area contributed by atoms with E-state index in [0.717, 1.165) is 16.7 Å². The van der Waals surface area contributed by atoms with Crippen LogP contribution in [0.15, 0.2) is 103 Å². The first-order valence-electron chi connectivity index (χ1n) is 11.2. The molecule has 2 atom stereocenters. The molecule has 4 rings (SSSR count). The van der Waals surface area contributed by atoms with Crippen molar-refractivity contribution in [3.05, 3.63) is 120 Å². The highest BCUT2D eigenvalue weighted by atomic mass is 16.3. The molecule has 0 saturated carbocycles. The number of amides is 1. The normalized spacial score (nSPS) is 18.3. The Morgan fingerprint density at radius 3 is 1.72 bits per heavy atom. The summed E-state index contributed by atoms with van der Waals surface area (Å²) in [6, 6.07) is 30.8. The summed E-state index contributed by atoms with van der Waals surface area (Å²) in [6.07, 6.45) is 5.03. The van der Waals surface area contributed by atoms with E-state index >= 15 is 0 Å². The monoisotopic (exact) mass is 426 g/mol. The average molecular weight is 427 g/mol. The summed E-state index contributed by atoms with van der Waals surface area (Å²) < 4.78 is 0. The Kier molecular flexibility index (Phi) is 7.15. The number of hydrogen-bond acceptors (Lipinski definition) is 3. The van der Waals surface area contributed by atoms with Gasteiger partial charge in [-0.05, 0) is 29.5 Å². The third-order valence-corrected chi connectivity index (χ3v) is 6.11. The quantitative estimate of drug-likeness (QED) is 0.375. The molecule has 4 nitrogen and oxygen atoms in total. The molecule has 0 bridgehead atoms. The van der Waals surface area contributed by atoms with Crippen molar-refractivity contribution < 1.29 is 9.90 Å². The van der Waals surface area contributed by atoms with Crippen LogP contribution in [-0.2, 0) is 10.3 Å². The second kappa shape index (κ2) is 10.4. The summed E-state index contributed by atoms with van der Waals surface area (Å²) in [5, 5.41) is 16.9. The van der Waals surface area contributed by atoms with Gasteiger partial charge in [-0.2, -0.15) is 0 Å². The van der Waals surface area contributed by atoms with Gasteiger partial charge in [0.1, 0.15) is 0 Å². The second-order valence-corrected chi connectivity index (χ2v) is 8.21. The highest BCUT2D eigenvalue weighted by Gasteiger charge is 2.35. The van der Waals surface area contributed by atoms with Gasteiger partial charge in [0, 0.05) is 13.0 Å². The third-order valence-electron chi connectivity index (χ3n) is 6.11. The first kappa shape index (κ1) is 22.0. The fourth-order valence-electron chi connectivity index (χ4n) is 4.47. The van der Waals surface area contributed by atoms with Crippen molar-refractivity contribution in [2.75, 3.05) is 6.54 Å². The standard InChI is InChI=1S/C28H30N2O2/c31-26-19-11-10-18-25(26)30-27(32)20-21-29-28(22-12-4-1-5-13-22,23-14-6-2-7-15-23)24-16-8-3-9-17-24/h1-17,25-26,29,31H,18-21H2,(H,30,32)/t25?,26-/m1/s1. The average Bonchev–Trinajstić information content (AvgIpc) is 2.85. The van der Waals surface area contributed by atoms with Crippen LogP contribution in [0, 0.1) is 0 Å². The Morgan fingerprint density at radius 2 is 1.25 bits per heavy atom. The Hall–Kier alpha value is -3.21. The topological polar surface area (TPSA) is 61.4 Å². The number of aliphatic hydroxyl groups is 1. The van der Waals surface area contributed by atoms with E-state index in [9.17, 15) is 9.90 Å². The molecule has 1 amide bonds. The molecule has 0 aliphatic heterocycles. The minimum Gasteiger partial charge on any atom is -0.391 e. The van der Waals surface area contributed by atoms with Crippen molar-refractivity contribution in [2.45, 2.75) is 36.9 Å². The summed E-state index contributed by atoms with van der Waals surface area (Å²) in [5.41, 5.74) is 2.76. The number of aliphatic hydroxyl groups excluding tert-OH is 1. The van der Waals surface area contributed by atoms with Crippen LogP contribution in [0.25, 0.3) is 0 Å². The van der Waals surface area contributed by atoms with Gasteiger partial charge in [0.25, 0.3) is 0 Å². The molecule has 3 N–H and O–H groups in total. The van der Waals surface area contributed by atoms with Crippen molar-refractivity contribution in [1.82, 2.24) is 10.6 Å². The van der Waals surface area contributed by atoms with Gasteiger partial charge in [-0.15, -0.1) is 0 Å². The zero-order valence-corrected chi connectivity index (χ0v) is 18.2. The van der Waals surface area contributed by atoms with E-state index in [1.54, 1.807) is 0 Å². The van der Waals surface area contributed by atoms with E-state index in [4.69, 9.17) is 0 Å². The number of carbonyl (C=O) groups excluding carboxylic acids is 1. The van der Waals surface area contributed by atoms with E-state index in [2.05, 4.69) is 47.0 Å². The molecule has 4 heteroatoms. The molecule has 1 unspecified atom stereocenters. The summed E-state index contributed by atoms with van der Waals surface area (Å²) in [4.78, 5) is 12.7. The van der Waals surface area contributed by atoms with Crippen LogP contribution in [-0.4, -0.2) is 29.7 Å². The zero-order valence-electron chi connectivity index (χ0n) is 18.2. The smallest absolute Gasteiger partial charge is 0.221 e. The summed E-state index contributed by atoms with van der Waals surface area (Å²) in [6.45, 7) is 0.489. The lowest BCUT2D eigenvalue weighted by molar-refractivity contribution is -0.122. The van der Waals surface area contributed by atoms with Crippen LogP contribution in [0.2, 0.25) is 0 Å². The Labute approximate surface area is 190 Å². The number of hydrogen-bond donors (Lipinski definition) is 3. The zero-order chi connectivity index (χ0) is 22.2. The van der Waals surface area contributed by atoms with E-state index < -0.39 is 11.6 Å². The van der Waals surface area contributed by atoms with Crippen molar-refractivity contribution in [3.8, 4) is 0 Å². The third kappa shape index (κ3) is 4.82. The molecule has 0 radical (unpaired) electrons. The molecule has 1 aliphatic rings. The van der Waals surface area contributed by atoms with Crippen LogP contribution in [0.5, 0.6) is 0 Å². The molecule has 1 aliphatic carbocycles. The van der Waals surface area contributed by atoms with E-state index in [1.807, 2.05) is 66.7 Å². The maximum atomic E-state index is 12.7. The number of rotatable bonds is 8. The minimum absolute atomic E-state index is 0.0556. The van der Waals surface area contributed by atoms with Gasteiger partial charge in [0.05, 0.1) is 17.7 Å². The van der Waals surface area contributed by atoms with E-state index in [0.29, 0.717) is 25.8 Å². The molecular weight excluding hydrogens is 396 g/mol. The second-order valence-electron chi connectivity index (χ2n) is 8.21. The molecule has 0 spiro atoms. The predicted octanol–water partition coefficient (Wildman–Crippen LogP) is 4.15. The molecule has 0 heterocycles. The molecule has 0 saturated heterocycles. The van der Waals surface area contributed by atoms with Crippen LogP contribution in [0.1, 0.15) is 36.0 Å². The van der Waals surface area contributed by atoms with Gasteiger partial charge in [-0.25, -0.2) is 0 Å². The van der Waals surface area contributed by atoms with Gasteiger partial charge in [0.2, 0.25) is 5.91 Å². The highest BCUT2D eigenvalue weighted by Crippen LogP contribution is 2.36. The molecule has 3 aromatic rings. The maximum Gasteiger partial charge on any atom is 0.221 e. The van der Waals surface area contributed by atoms with Crippen LogP contribution >= 0.6 is 0 Å². The van der Waals surface area contributed by atoms with Gasteiger partial charge in [0.15, 0.2) is 0 Å². The fraction of sp³-hybridized carbons (Fsp3) is 0.250. The molecule has 164 valence electrons. The Morgan fingerprint density at radius 1 is 0.781 bits per heavy atom. The maximum absolute atomic E-state index is 12.7. The van der Waals surface area contributed by atoms with Crippen molar-refractivity contribution in [2.24, 2.45) is 0 Å². The lowest BCUT2D eigenvalue weighted by Gasteiger charge is -2.37. The first-order chi connectivity index (χ1) is 15.7. The van der Waals surface area contributed by atoms with Crippen LogP contribution in [0.3, 0.4) is 0 Å². The predicted molar refractivity (Wildman–Crippen MR) is 128 cm³/mol. The number of nitrogens with one attached hydrogen (secondary N) is 2. The van der Waals surface area contributed by atoms with Crippen molar-refractivity contribution >= 4 is 5.91 Å². The van der Waals surface area contributed by atoms with E-state index in [1.165, 1.54) is 0 Å². The van der Waals surface area contributed by atoms with Gasteiger partial charge in [-0.1, -0.05) is 103 Å². The molecule has 0 aromatic heterocycles.